The van der Waals surface area contributed by atoms with Crippen LogP contribution in [0.2, 0.25) is 0 Å². The van der Waals surface area contributed by atoms with Gasteiger partial charge in [-0.25, -0.2) is 0 Å². The van der Waals surface area contributed by atoms with E-state index in [2.05, 4.69) is 4.90 Å². The van der Waals surface area contributed by atoms with Gasteiger partial charge in [0.2, 0.25) is 0 Å². The SMILES string of the molecule is COc1ccccc1C(=O)N1CCN(CC2CN(C(=O)c3ccccc3)CCO2)CC1. The summed E-state index contributed by atoms with van der Waals surface area (Å²) < 4.78 is 11.3. The molecule has 0 aliphatic carbocycles. The Kier molecular flexibility index (Phi) is 6.84. The Bertz CT molecular complexity index is 897. The molecule has 0 N–H and O–H groups in total. The van der Waals surface area contributed by atoms with Crippen LogP contribution in [0.15, 0.2) is 54.6 Å². The minimum Gasteiger partial charge on any atom is -0.496 e. The summed E-state index contributed by atoms with van der Waals surface area (Å²) in [4.78, 5) is 31.7. The van der Waals surface area contributed by atoms with Crippen molar-refractivity contribution in [2.24, 2.45) is 0 Å². The number of rotatable bonds is 5. The lowest BCUT2D eigenvalue weighted by molar-refractivity contribution is -0.0400. The number of morpholine rings is 1. The van der Waals surface area contributed by atoms with Gasteiger partial charge in [0.1, 0.15) is 5.75 Å². The minimum absolute atomic E-state index is 0.00523. The zero-order chi connectivity index (χ0) is 21.6. The van der Waals surface area contributed by atoms with Crippen molar-refractivity contribution in [3.8, 4) is 5.75 Å². The number of amides is 2. The van der Waals surface area contributed by atoms with Gasteiger partial charge in [-0.2, -0.15) is 0 Å². The van der Waals surface area contributed by atoms with E-state index >= 15 is 0 Å². The van der Waals surface area contributed by atoms with E-state index in [0.717, 1.165) is 19.6 Å². The van der Waals surface area contributed by atoms with Gasteiger partial charge >= 0.3 is 0 Å². The maximum Gasteiger partial charge on any atom is 0.257 e. The smallest absolute Gasteiger partial charge is 0.257 e. The fourth-order valence-corrected chi connectivity index (χ4v) is 4.19. The Morgan fingerprint density at radius 3 is 2.35 bits per heavy atom. The molecule has 2 heterocycles. The van der Waals surface area contributed by atoms with E-state index in [-0.39, 0.29) is 17.9 Å². The highest BCUT2D eigenvalue weighted by Crippen LogP contribution is 2.20. The van der Waals surface area contributed by atoms with Gasteiger partial charge in [0.15, 0.2) is 0 Å². The van der Waals surface area contributed by atoms with Gasteiger partial charge in [-0.3, -0.25) is 14.5 Å². The summed E-state index contributed by atoms with van der Waals surface area (Å²) in [6, 6.07) is 16.7. The van der Waals surface area contributed by atoms with Gasteiger partial charge in [-0.05, 0) is 24.3 Å². The van der Waals surface area contributed by atoms with Crippen LogP contribution >= 0.6 is 0 Å². The maximum absolute atomic E-state index is 12.9. The average molecular weight is 424 g/mol. The number of hydrogen-bond donors (Lipinski definition) is 0. The Balaban J connectivity index is 1.29. The largest absolute Gasteiger partial charge is 0.496 e. The van der Waals surface area contributed by atoms with Crippen molar-refractivity contribution in [1.29, 1.82) is 0 Å². The zero-order valence-electron chi connectivity index (χ0n) is 17.9. The molecule has 2 aliphatic heterocycles. The van der Waals surface area contributed by atoms with Crippen molar-refractivity contribution in [3.05, 3.63) is 65.7 Å². The number of benzene rings is 2. The number of nitrogens with zero attached hydrogens (tertiary/aromatic N) is 3. The molecule has 4 rings (SSSR count). The Morgan fingerprint density at radius 1 is 0.903 bits per heavy atom. The molecule has 2 amide bonds. The number of para-hydroxylation sites is 1. The third-order valence-electron chi connectivity index (χ3n) is 5.91. The van der Waals surface area contributed by atoms with E-state index in [1.807, 2.05) is 64.4 Å². The molecule has 1 atom stereocenters. The van der Waals surface area contributed by atoms with E-state index in [1.165, 1.54) is 0 Å². The Hall–Kier alpha value is -2.90. The van der Waals surface area contributed by atoms with Crippen LogP contribution in [0.4, 0.5) is 0 Å². The molecule has 0 aromatic heterocycles. The molecule has 164 valence electrons. The molecule has 31 heavy (non-hydrogen) atoms. The highest BCUT2D eigenvalue weighted by Gasteiger charge is 2.29. The molecule has 0 radical (unpaired) electrons. The molecule has 0 bridgehead atoms. The lowest BCUT2D eigenvalue weighted by Gasteiger charge is -2.39. The highest BCUT2D eigenvalue weighted by molar-refractivity contribution is 5.97. The molecule has 2 aromatic carbocycles. The van der Waals surface area contributed by atoms with E-state index < -0.39 is 0 Å². The predicted octanol–water partition coefficient (Wildman–Crippen LogP) is 1.99. The van der Waals surface area contributed by atoms with Crippen LogP contribution in [0.5, 0.6) is 5.75 Å². The van der Waals surface area contributed by atoms with Crippen molar-refractivity contribution >= 4 is 11.8 Å². The first-order chi connectivity index (χ1) is 15.2. The zero-order valence-corrected chi connectivity index (χ0v) is 17.9. The van der Waals surface area contributed by atoms with Crippen LogP contribution in [0.25, 0.3) is 0 Å². The number of hydrogen-bond acceptors (Lipinski definition) is 5. The number of carbonyl (C=O) groups excluding carboxylic acids is 2. The monoisotopic (exact) mass is 423 g/mol. The van der Waals surface area contributed by atoms with Gasteiger partial charge in [-0.1, -0.05) is 30.3 Å². The van der Waals surface area contributed by atoms with Crippen LogP contribution in [0.1, 0.15) is 20.7 Å². The summed E-state index contributed by atoms with van der Waals surface area (Å²) in [5, 5.41) is 0. The van der Waals surface area contributed by atoms with Gasteiger partial charge in [0.05, 0.1) is 25.4 Å². The summed E-state index contributed by atoms with van der Waals surface area (Å²) >= 11 is 0. The van der Waals surface area contributed by atoms with Crippen LogP contribution in [0, 0.1) is 0 Å². The molecule has 7 heteroatoms. The second-order valence-corrected chi connectivity index (χ2v) is 7.90. The quantitative estimate of drug-likeness (QED) is 0.736. The van der Waals surface area contributed by atoms with Crippen molar-refractivity contribution in [3.63, 3.8) is 0 Å². The topological polar surface area (TPSA) is 62.3 Å². The summed E-state index contributed by atoms with van der Waals surface area (Å²) in [5.41, 5.74) is 1.32. The molecule has 2 aromatic rings. The lowest BCUT2D eigenvalue weighted by atomic mass is 10.1. The van der Waals surface area contributed by atoms with Crippen molar-refractivity contribution < 1.29 is 19.1 Å². The standard InChI is InChI=1S/C24H29N3O4/c1-30-22-10-6-5-9-21(22)24(29)26-13-11-25(12-14-26)17-20-18-27(15-16-31-20)23(28)19-7-3-2-4-8-19/h2-10,20H,11-18H2,1H3. The predicted molar refractivity (Wildman–Crippen MR) is 117 cm³/mol. The fraction of sp³-hybridized carbons (Fsp3) is 0.417. The van der Waals surface area contributed by atoms with E-state index in [0.29, 0.717) is 49.7 Å². The molecular formula is C24H29N3O4. The normalized spacial score (nSPS) is 19.8. The van der Waals surface area contributed by atoms with Crippen molar-refractivity contribution in [1.82, 2.24) is 14.7 Å². The third kappa shape index (κ3) is 5.06. The van der Waals surface area contributed by atoms with Crippen LogP contribution in [-0.2, 0) is 4.74 Å². The molecular weight excluding hydrogens is 394 g/mol. The van der Waals surface area contributed by atoms with Gasteiger partial charge in [0.25, 0.3) is 11.8 Å². The van der Waals surface area contributed by atoms with Crippen LogP contribution < -0.4 is 4.74 Å². The highest BCUT2D eigenvalue weighted by atomic mass is 16.5. The average Bonchev–Trinajstić information content (AvgIpc) is 2.84. The Labute approximate surface area is 183 Å². The van der Waals surface area contributed by atoms with Gasteiger partial charge in [0, 0.05) is 51.4 Å². The first-order valence-corrected chi connectivity index (χ1v) is 10.8. The number of piperazine rings is 1. The van der Waals surface area contributed by atoms with Crippen molar-refractivity contribution in [2.75, 3.05) is 59.5 Å². The minimum atomic E-state index is -0.0159. The molecule has 0 spiro atoms. The van der Waals surface area contributed by atoms with Crippen molar-refractivity contribution in [2.45, 2.75) is 6.10 Å². The second-order valence-electron chi connectivity index (χ2n) is 7.90. The third-order valence-corrected chi connectivity index (χ3v) is 5.91. The fourth-order valence-electron chi connectivity index (χ4n) is 4.19. The van der Waals surface area contributed by atoms with Gasteiger partial charge < -0.3 is 19.3 Å². The molecule has 0 saturated carbocycles. The molecule has 2 saturated heterocycles. The van der Waals surface area contributed by atoms with Crippen LogP contribution in [-0.4, -0.2) is 92.1 Å². The first-order valence-electron chi connectivity index (χ1n) is 10.8. The van der Waals surface area contributed by atoms with E-state index in [9.17, 15) is 9.59 Å². The molecule has 2 aliphatic rings. The summed E-state index contributed by atoms with van der Waals surface area (Å²) in [6.45, 7) is 5.41. The maximum atomic E-state index is 12.9. The van der Waals surface area contributed by atoms with E-state index in [1.54, 1.807) is 7.11 Å². The van der Waals surface area contributed by atoms with E-state index in [4.69, 9.17) is 9.47 Å². The molecule has 2 fully saturated rings. The first kappa shape index (κ1) is 21.3. The summed E-state index contributed by atoms with van der Waals surface area (Å²) in [6.07, 6.45) is -0.0159. The number of methoxy groups -OCH3 is 1. The molecule has 1 unspecified atom stereocenters. The number of carbonyl (C=O) groups is 2. The summed E-state index contributed by atoms with van der Waals surface area (Å²) in [7, 11) is 1.58. The number of ether oxygens (including phenoxy) is 2. The van der Waals surface area contributed by atoms with Crippen LogP contribution in [0.3, 0.4) is 0 Å². The Morgan fingerprint density at radius 2 is 1.61 bits per heavy atom. The second kappa shape index (κ2) is 9.94. The van der Waals surface area contributed by atoms with Gasteiger partial charge in [-0.15, -0.1) is 0 Å². The summed E-state index contributed by atoms with van der Waals surface area (Å²) in [5.74, 6) is 0.667. The lowest BCUT2D eigenvalue weighted by Crippen LogP contribution is -2.54. The molecule has 7 nitrogen and oxygen atoms in total.